The number of likely N-dealkylation sites (tertiary alicyclic amines) is 1. The number of hydrogen-bond acceptors (Lipinski definition) is 6. The van der Waals surface area contributed by atoms with Crippen LogP contribution in [0.25, 0.3) is 10.8 Å². The summed E-state index contributed by atoms with van der Waals surface area (Å²) in [6.45, 7) is 3.25. The fraction of sp³-hybridized carbons (Fsp3) is 0.417. The van der Waals surface area contributed by atoms with Crippen LogP contribution in [0.15, 0.2) is 57.4 Å². The van der Waals surface area contributed by atoms with Gasteiger partial charge in [0, 0.05) is 36.8 Å². The van der Waals surface area contributed by atoms with Crippen LogP contribution in [-0.2, 0) is 14.6 Å². The molecule has 0 unspecified atom stereocenters. The Labute approximate surface area is 203 Å². The summed E-state index contributed by atoms with van der Waals surface area (Å²) in [5, 5.41) is 5.65. The molecule has 174 valence electrons. The van der Waals surface area contributed by atoms with Crippen LogP contribution in [0.5, 0.6) is 0 Å². The van der Waals surface area contributed by atoms with Crippen molar-refractivity contribution in [3.63, 3.8) is 0 Å². The lowest BCUT2D eigenvalue weighted by Crippen LogP contribution is -2.39. The van der Waals surface area contributed by atoms with Crippen molar-refractivity contribution < 1.29 is 13.2 Å². The van der Waals surface area contributed by atoms with Gasteiger partial charge >= 0.3 is 0 Å². The quantitative estimate of drug-likeness (QED) is 0.578. The van der Waals surface area contributed by atoms with E-state index in [2.05, 4.69) is 15.3 Å². The van der Waals surface area contributed by atoms with Gasteiger partial charge in [0.2, 0.25) is 5.91 Å². The second-order valence-corrected chi connectivity index (χ2v) is 12.2. The van der Waals surface area contributed by atoms with Gasteiger partial charge < -0.3 is 9.80 Å². The summed E-state index contributed by atoms with van der Waals surface area (Å²) in [4.78, 5) is 21.6. The van der Waals surface area contributed by atoms with E-state index in [1.54, 1.807) is 42.1 Å². The zero-order valence-corrected chi connectivity index (χ0v) is 20.6. The van der Waals surface area contributed by atoms with Gasteiger partial charge in [0.25, 0.3) is 0 Å². The Morgan fingerprint density at radius 2 is 1.85 bits per heavy atom. The van der Waals surface area contributed by atoms with Crippen LogP contribution < -0.4 is 0 Å². The zero-order valence-electron chi connectivity index (χ0n) is 18.2. The molecular formula is C24H26ClN3O3S2. The van der Waals surface area contributed by atoms with E-state index in [1.807, 2.05) is 11.0 Å². The Balaban J connectivity index is 1.13. The Morgan fingerprint density at radius 3 is 2.67 bits per heavy atom. The van der Waals surface area contributed by atoms with Crippen molar-refractivity contribution >= 4 is 55.0 Å². The van der Waals surface area contributed by atoms with Gasteiger partial charge in [-0.05, 0) is 65.6 Å². The molecule has 0 bridgehead atoms. The van der Waals surface area contributed by atoms with Gasteiger partial charge in [-0.1, -0.05) is 35.5 Å². The SMILES string of the molecule is O=C(CCS(=O)(=O)c1ccc2cc(Cl)ccc2c1)N1CCC(CC2=CSC3=NCCN23)CC1. The predicted molar refractivity (Wildman–Crippen MR) is 134 cm³/mol. The average Bonchev–Trinajstić information content (AvgIpc) is 3.43. The van der Waals surface area contributed by atoms with Crippen molar-refractivity contribution in [2.24, 2.45) is 10.9 Å². The van der Waals surface area contributed by atoms with Crippen LogP contribution in [-0.4, -0.2) is 61.2 Å². The van der Waals surface area contributed by atoms with Gasteiger partial charge in [-0.2, -0.15) is 0 Å². The Hall–Kier alpha value is -2.03. The Bertz CT molecular complexity index is 1250. The number of nitrogens with zero attached hydrogens (tertiary/aromatic N) is 3. The second-order valence-electron chi connectivity index (χ2n) is 8.79. The van der Waals surface area contributed by atoms with Crippen LogP contribution in [0.3, 0.4) is 0 Å². The molecule has 1 fully saturated rings. The first-order chi connectivity index (χ1) is 15.9. The fourth-order valence-electron chi connectivity index (χ4n) is 4.70. The maximum atomic E-state index is 12.8. The van der Waals surface area contributed by atoms with Crippen molar-refractivity contribution in [1.29, 1.82) is 0 Å². The maximum Gasteiger partial charge on any atom is 0.223 e. The summed E-state index contributed by atoms with van der Waals surface area (Å²) in [5.74, 6) is 0.302. The monoisotopic (exact) mass is 503 g/mol. The fourth-order valence-corrected chi connectivity index (χ4v) is 7.11. The number of aliphatic imine (C=N–C) groups is 1. The first kappa shape index (κ1) is 22.7. The minimum atomic E-state index is -3.54. The summed E-state index contributed by atoms with van der Waals surface area (Å²) in [7, 11) is -3.54. The lowest BCUT2D eigenvalue weighted by atomic mass is 9.92. The third kappa shape index (κ3) is 4.93. The molecular weight excluding hydrogens is 478 g/mol. The molecule has 6 nitrogen and oxygen atoms in total. The lowest BCUT2D eigenvalue weighted by Gasteiger charge is -2.33. The van der Waals surface area contributed by atoms with Crippen molar-refractivity contribution in [3.8, 4) is 0 Å². The highest BCUT2D eigenvalue weighted by molar-refractivity contribution is 8.16. The van der Waals surface area contributed by atoms with Crippen LogP contribution in [0.1, 0.15) is 25.7 Å². The van der Waals surface area contributed by atoms with E-state index in [4.69, 9.17) is 11.6 Å². The number of rotatable bonds is 6. The highest BCUT2D eigenvalue weighted by atomic mass is 35.5. The van der Waals surface area contributed by atoms with Gasteiger partial charge in [0.15, 0.2) is 15.0 Å². The molecule has 2 aromatic carbocycles. The Morgan fingerprint density at radius 1 is 1.09 bits per heavy atom. The van der Waals surface area contributed by atoms with Gasteiger partial charge in [-0.3, -0.25) is 9.79 Å². The van der Waals surface area contributed by atoms with E-state index < -0.39 is 9.84 Å². The number of hydrogen-bond donors (Lipinski definition) is 0. The highest BCUT2D eigenvalue weighted by Crippen LogP contribution is 2.35. The predicted octanol–water partition coefficient (Wildman–Crippen LogP) is 4.55. The van der Waals surface area contributed by atoms with Crippen LogP contribution in [0.2, 0.25) is 5.02 Å². The first-order valence-corrected chi connectivity index (χ1v) is 14.2. The highest BCUT2D eigenvalue weighted by Gasteiger charge is 2.30. The van der Waals surface area contributed by atoms with E-state index in [0.717, 1.165) is 48.3 Å². The number of benzene rings is 2. The van der Waals surface area contributed by atoms with Crippen molar-refractivity contribution in [2.45, 2.75) is 30.6 Å². The van der Waals surface area contributed by atoms with Gasteiger partial charge in [-0.15, -0.1) is 0 Å². The standard InChI is InChI=1S/C24H26ClN3O3S2/c25-20-3-1-19-15-22(4-2-18(19)14-20)33(30,31)12-7-23(29)27-9-5-17(6-10-27)13-21-16-32-24-26-8-11-28(21)24/h1-4,14-17H,5-13H2. The zero-order chi connectivity index (χ0) is 23.0. The minimum absolute atomic E-state index is 0.0149. The van der Waals surface area contributed by atoms with E-state index in [9.17, 15) is 13.2 Å². The number of sulfone groups is 1. The molecule has 9 heteroatoms. The molecule has 0 saturated carbocycles. The number of allylic oxidation sites excluding steroid dienone is 1. The third-order valence-electron chi connectivity index (χ3n) is 6.63. The van der Waals surface area contributed by atoms with Gasteiger partial charge in [0.05, 0.1) is 17.2 Å². The number of halogens is 1. The number of amides is 1. The molecule has 0 spiro atoms. The number of carbonyl (C=O) groups is 1. The number of thioether (sulfide) groups is 1. The molecule has 1 amide bonds. The van der Waals surface area contributed by atoms with E-state index >= 15 is 0 Å². The average molecular weight is 504 g/mol. The molecule has 0 atom stereocenters. The topological polar surface area (TPSA) is 70.0 Å². The van der Waals surface area contributed by atoms with E-state index in [0.29, 0.717) is 24.0 Å². The van der Waals surface area contributed by atoms with Crippen LogP contribution in [0, 0.1) is 5.92 Å². The second kappa shape index (κ2) is 9.31. The summed E-state index contributed by atoms with van der Waals surface area (Å²) in [6.07, 6.45) is 2.94. The lowest BCUT2D eigenvalue weighted by molar-refractivity contribution is -0.132. The van der Waals surface area contributed by atoms with Crippen molar-refractivity contribution in [3.05, 3.63) is 52.5 Å². The van der Waals surface area contributed by atoms with Crippen LogP contribution >= 0.6 is 23.4 Å². The summed E-state index contributed by atoms with van der Waals surface area (Å²) in [6, 6.07) is 10.4. The smallest absolute Gasteiger partial charge is 0.223 e. The number of fused-ring (bicyclic) bond motifs is 2. The normalized spacial score (nSPS) is 19.1. The number of amidine groups is 1. The largest absolute Gasteiger partial charge is 0.343 e. The molecule has 3 heterocycles. The number of piperidine rings is 1. The summed E-state index contributed by atoms with van der Waals surface area (Å²) in [5.41, 5.74) is 1.35. The van der Waals surface area contributed by atoms with Gasteiger partial charge in [0.1, 0.15) is 0 Å². The van der Waals surface area contributed by atoms with Crippen LogP contribution in [0.4, 0.5) is 0 Å². The summed E-state index contributed by atoms with van der Waals surface area (Å²) >= 11 is 7.72. The molecule has 5 rings (SSSR count). The van der Waals surface area contributed by atoms with E-state index in [-0.39, 0.29) is 23.0 Å². The molecule has 3 aliphatic heterocycles. The Kier molecular flexibility index (Phi) is 6.42. The third-order valence-corrected chi connectivity index (χ3v) is 9.53. The molecule has 33 heavy (non-hydrogen) atoms. The molecule has 0 aliphatic carbocycles. The minimum Gasteiger partial charge on any atom is -0.343 e. The van der Waals surface area contributed by atoms with Crippen molar-refractivity contribution in [2.75, 3.05) is 31.9 Å². The summed E-state index contributed by atoms with van der Waals surface area (Å²) < 4.78 is 25.7. The maximum absolute atomic E-state index is 12.8. The molecule has 0 radical (unpaired) electrons. The first-order valence-electron chi connectivity index (χ1n) is 11.3. The van der Waals surface area contributed by atoms with E-state index in [1.165, 1.54) is 5.70 Å². The molecule has 0 N–H and O–H groups in total. The van der Waals surface area contributed by atoms with Gasteiger partial charge in [-0.25, -0.2) is 8.42 Å². The molecule has 1 saturated heterocycles. The molecule has 3 aliphatic rings. The molecule has 0 aromatic heterocycles. The molecule has 2 aromatic rings. The number of carbonyl (C=O) groups excluding carboxylic acids is 1. The van der Waals surface area contributed by atoms with Crippen molar-refractivity contribution in [1.82, 2.24) is 9.80 Å².